The molecular formula is C14H19N3O. The Morgan fingerprint density at radius 2 is 2.28 bits per heavy atom. The average molecular weight is 245 g/mol. The van der Waals surface area contributed by atoms with Crippen LogP contribution in [0, 0.1) is 0 Å². The van der Waals surface area contributed by atoms with Crippen LogP contribution in [0.15, 0.2) is 30.5 Å². The molecule has 2 N–H and O–H groups in total. The third kappa shape index (κ3) is 3.11. The first-order valence-corrected chi connectivity index (χ1v) is 6.16. The normalized spacial score (nSPS) is 10.6. The first kappa shape index (κ1) is 12.6. The van der Waals surface area contributed by atoms with Crippen molar-refractivity contribution in [2.24, 2.45) is 0 Å². The fourth-order valence-corrected chi connectivity index (χ4v) is 1.86. The van der Waals surface area contributed by atoms with E-state index in [1.807, 2.05) is 37.5 Å². The van der Waals surface area contributed by atoms with Crippen LogP contribution in [0.5, 0.6) is 5.75 Å². The lowest BCUT2D eigenvalue weighted by molar-refractivity contribution is 0.415. The third-order valence-corrected chi connectivity index (χ3v) is 2.85. The summed E-state index contributed by atoms with van der Waals surface area (Å²) in [5, 5.41) is 3.13. The summed E-state index contributed by atoms with van der Waals surface area (Å²) in [6, 6.07) is 7.97. The van der Waals surface area contributed by atoms with E-state index in [1.54, 1.807) is 7.11 Å². The lowest BCUT2D eigenvalue weighted by Gasteiger charge is -2.02. The molecule has 18 heavy (non-hydrogen) atoms. The van der Waals surface area contributed by atoms with Gasteiger partial charge in [0, 0.05) is 12.0 Å². The molecule has 0 aliphatic carbocycles. The van der Waals surface area contributed by atoms with Crippen molar-refractivity contribution in [3.63, 3.8) is 0 Å². The standard InChI is InChI=1S/C14H19N3O/c1-15-8-4-7-14-16-10-13(17-14)11-5-3-6-12(9-11)18-2/h3,5-6,9-10,15H,4,7-8H2,1-2H3,(H,16,17). The van der Waals surface area contributed by atoms with Crippen LogP contribution >= 0.6 is 0 Å². The molecule has 1 aromatic carbocycles. The monoisotopic (exact) mass is 245 g/mol. The fraction of sp³-hybridized carbons (Fsp3) is 0.357. The van der Waals surface area contributed by atoms with Gasteiger partial charge in [0.2, 0.25) is 0 Å². The topological polar surface area (TPSA) is 49.9 Å². The summed E-state index contributed by atoms with van der Waals surface area (Å²) in [5.41, 5.74) is 2.13. The average Bonchev–Trinajstić information content (AvgIpc) is 2.88. The number of imidazole rings is 1. The first-order valence-electron chi connectivity index (χ1n) is 6.16. The van der Waals surface area contributed by atoms with E-state index < -0.39 is 0 Å². The van der Waals surface area contributed by atoms with Gasteiger partial charge in [0.25, 0.3) is 0 Å². The van der Waals surface area contributed by atoms with E-state index in [4.69, 9.17) is 4.74 Å². The van der Waals surface area contributed by atoms with Crippen molar-refractivity contribution in [3.8, 4) is 17.0 Å². The zero-order chi connectivity index (χ0) is 12.8. The molecule has 0 saturated carbocycles. The number of aromatic nitrogens is 2. The van der Waals surface area contributed by atoms with Gasteiger partial charge >= 0.3 is 0 Å². The van der Waals surface area contributed by atoms with E-state index >= 15 is 0 Å². The number of aryl methyl sites for hydroxylation is 1. The van der Waals surface area contributed by atoms with Gasteiger partial charge in [0.05, 0.1) is 19.0 Å². The van der Waals surface area contributed by atoms with Gasteiger partial charge in [-0.3, -0.25) is 0 Å². The van der Waals surface area contributed by atoms with Crippen LogP contribution in [0.2, 0.25) is 0 Å². The van der Waals surface area contributed by atoms with Crippen LogP contribution in [-0.4, -0.2) is 30.7 Å². The minimum Gasteiger partial charge on any atom is -0.497 e. The van der Waals surface area contributed by atoms with Gasteiger partial charge in [-0.25, -0.2) is 4.98 Å². The van der Waals surface area contributed by atoms with Gasteiger partial charge in [-0.15, -0.1) is 0 Å². The number of hydrogen-bond acceptors (Lipinski definition) is 3. The van der Waals surface area contributed by atoms with Gasteiger partial charge in [0.1, 0.15) is 11.6 Å². The molecule has 0 fully saturated rings. The molecule has 4 nitrogen and oxygen atoms in total. The second-order valence-electron chi connectivity index (χ2n) is 4.18. The van der Waals surface area contributed by atoms with Crippen LogP contribution in [0.1, 0.15) is 12.2 Å². The Morgan fingerprint density at radius 1 is 1.39 bits per heavy atom. The quantitative estimate of drug-likeness (QED) is 0.767. The summed E-state index contributed by atoms with van der Waals surface area (Å²) in [4.78, 5) is 7.74. The zero-order valence-corrected chi connectivity index (χ0v) is 10.9. The van der Waals surface area contributed by atoms with Crippen LogP contribution in [0.4, 0.5) is 0 Å². The highest BCUT2D eigenvalue weighted by Gasteiger charge is 2.04. The molecule has 0 unspecified atom stereocenters. The molecule has 0 spiro atoms. The van der Waals surface area contributed by atoms with Crippen molar-refractivity contribution in [2.75, 3.05) is 20.7 Å². The molecule has 2 rings (SSSR count). The highest BCUT2D eigenvalue weighted by atomic mass is 16.5. The number of H-pyrrole nitrogens is 1. The van der Waals surface area contributed by atoms with E-state index in [0.717, 1.165) is 42.2 Å². The molecule has 1 aromatic heterocycles. The lowest BCUT2D eigenvalue weighted by atomic mass is 10.1. The predicted octanol–water partition coefficient (Wildman–Crippen LogP) is 2.24. The van der Waals surface area contributed by atoms with Crippen molar-refractivity contribution in [3.05, 3.63) is 36.3 Å². The van der Waals surface area contributed by atoms with Crippen LogP contribution in [0.3, 0.4) is 0 Å². The second-order valence-corrected chi connectivity index (χ2v) is 4.18. The Labute approximate surface area is 107 Å². The number of nitrogens with zero attached hydrogens (tertiary/aromatic N) is 1. The number of hydrogen-bond donors (Lipinski definition) is 2. The first-order chi connectivity index (χ1) is 8.83. The van der Waals surface area contributed by atoms with Crippen molar-refractivity contribution in [1.82, 2.24) is 15.3 Å². The molecule has 0 bridgehead atoms. The number of aromatic amines is 1. The van der Waals surface area contributed by atoms with Crippen LogP contribution < -0.4 is 10.1 Å². The van der Waals surface area contributed by atoms with Crippen molar-refractivity contribution in [2.45, 2.75) is 12.8 Å². The van der Waals surface area contributed by atoms with E-state index in [0.29, 0.717) is 0 Å². The van der Waals surface area contributed by atoms with E-state index in [2.05, 4.69) is 15.3 Å². The number of methoxy groups -OCH3 is 1. The highest BCUT2D eigenvalue weighted by Crippen LogP contribution is 2.22. The SMILES string of the molecule is CNCCCc1ncc(-c2cccc(OC)c2)[nH]1. The van der Waals surface area contributed by atoms with E-state index in [-0.39, 0.29) is 0 Å². The zero-order valence-electron chi connectivity index (χ0n) is 10.9. The number of nitrogens with one attached hydrogen (secondary N) is 2. The Balaban J connectivity index is 2.08. The minimum atomic E-state index is 0.860. The van der Waals surface area contributed by atoms with Gasteiger partial charge in [-0.1, -0.05) is 12.1 Å². The molecule has 96 valence electrons. The summed E-state index contributed by atoms with van der Waals surface area (Å²) < 4.78 is 5.22. The molecular weight excluding hydrogens is 226 g/mol. The number of rotatable bonds is 6. The van der Waals surface area contributed by atoms with Crippen molar-refractivity contribution < 1.29 is 4.74 Å². The van der Waals surface area contributed by atoms with Gasteiger partial charge < -0.3 is 15.0 Å². The van der Waals surface area contributed by atoms with Crippen LogP contribution in [-0.2, 0) is 6.42 Å². The molecule has 0 radical (unpaired) electrons. The largest absolute Gasteiger partial charge is 0.497 e. The lowest BCUT2D eigenvalue weighted by Crippen LogP contribution is -2.08. The second kappa shape index (κ2) is 6.21. The summed E-state index contributed by atoms with van der Waals surface area (Å²) in [6.45, 7) is 1.01. The fourth-order valence-electron chi connectivity index (χ4n) is 1.86. The number of benzene rings is 1. The molecule has 4 heteroatoms. The Hall–Kier alpha value is -1.81. The van der Waals surface area contributed by atoms with Crippen molar-refractivity contribution >= 4 is 0 Å². The third-order valence-electron chi connectivity index (χ3n) is 2.85. The summed E-state index contributed by atoms with van der Waals surface area (Å²) >= 11 is 0. The summed E-state index contributed by atoms with van der Waals surface area (Å²) in [5.74, 6) is 1.89. The van der Waals surface area contributed by atoms with Crippen LogP contribution in [0.25, 0.3) is 11.3 Å². The molecule has 0 atom stereocenters. The molecule has 0 amide bonds. The minimum absolute atomic E-state index is 0.860. The molecule has 0 aliphatic rings. The van der Waals surface area contributed by atoms with E-state index in [1.165, 1.54) is 0 Å². The Bertz CT molecular complexity index is 493. The number of ether oxygens (including phenoxy) is 1. The Kier molecular flexibility index (Phi) is 4.36. The molecule has 0 aliphatic heterocycles. The van der Waals surface area contributed by atoms with Gasteiger partial charge in [0.15, 0.2) is 0 Å². The van der Waals surface area contributed by atoms with Gasteiger partial charge in [-0.2, -0.15) is 0 Å². The van der Waals surface area contributed by atoms with Gasteiger partial charge in [-0.05, 0) is 32.1 Å². The maximum Gasteiger partial charge on any atom is 0.119 e. The molecule has 2 aromatic rings. The van der Waals surface area contributed by atoms with Crippen molar-refractivity contribution in [1.29, 1.82) is 0 Å². The molecule has 1 heterocycles. The maximum atomic E-state index is 5.22. The predicted molar refractivity (Wildman–Crippen MR) is 72.8 cm³/mol. The van der Waals surface area contributed by atoms with E-state index in [9.17, 15) is 0 Å². The Morgan fingerprint density at radius 3 is 3.06 bits per heavy atom. The highest BCUT2D eigenvalue weighted by molar-refractivity contribution is 5.60. The smallest absolute Gasteiger partial charge is 0.119 e. The molecule has 0 saturated heterocycles. The summed E-state index contributed by atoms with van der Waals surface area (Å²) in [6.07, 6.45) is 3.93. The maximum absolute atomic E-state index is 5.22. The summed E-state index contributed by atoms with van der Waals surface area (Å²) in [7, 11) is 3.64.